The molecule has 1 aliphatic heterocycles. The van der Waals surface area contributed by atoms with Crippen LogP contribution in [0.25, 0.3) is 38.6 Å². The van der Waals surface area contributed by atoms with Crippen LogP contribution in [0.5, 0.6) is 0 Å². The second-order valence-electron chi connectivity index (χ2n) is 15.8. The first-order valence-electron chi connectivity index (χ1n) is 18.2. The number of nitrogens with one attached hydrogen (secondary N) is 1. The Labute approximate surface area is 297 Å². The Morgan fingerprint density at radius 3 is 2.02 bits per heavy atom. The zero-order valence-corrected chi connectivity index (χ0v) is 30.9. The van der Waals surface area contributed by atoms with E-state index in [1.807, 2.05) is 0 Å². The largest absolute Gasteiger partial charge is 0.309 e. The van der Waals surface area contributed by atoms with Crippen molar-refractivity contribution < 1.29 is 0 Å². The van der Waals surface area contributed by atoms with E-state index in [-0.39, 0.29) is 22.8 Å². The van der Waals surface area contributed by atoms with Crippen LogP contribution in [0, 0.1) is 26.2 Å². The van der Waals surface area contributed by atoms with Gasteiger partial charge in [-0.15, -0.1) is 0 Å². The summed E-state index contributed by atoms with van der Waals surface area (Å²) in [5, 5.41) is 11.6. The SMILES string of the molecule is Cc1cccc(C)c1-c1cc(C(C)C)c(N(C=N)C2=N[C@@]3(C)CC3(C)c3c2cc2c4ccccc4n(-c4ccccc4)c2c3C)c(C(C)C)c1. The average molecular weight is 657 g/mol. The number of para-hydroxylation sites is 2. The Balaban J connectivity index is 1.43. The number of rotatable bonds is 6. The fraction of sp³-hybridized carbons (Fsp3) is 0.304. The maximum absolute atomic E-state index is 9.11. The number of aryl methyl sites for hydroxylation is 3. The van der Waals surface area contributed by atoms with Gasteiger partial charge in [0.05, 0.1) is 28.6 Å². The molecule has 1 N–H and O–H groups in total. The standard InChI is InChI=1S/C46H48N4/c1-27(2)35-22-32(40-29(5)16-15-17-30(40)6)23-36(28(3)4)43(35)49(26-47)44-38-24-37-34-20-13-14-21-39(34)50(33-18-11-10-12-19-33)42(37)31(7)41(38)45(8)25-46(45,9)48-44/h10-24,26-28,47H,25H2,1-9H3/t45?,46-/m0/s1. The van der Waals surface area contributed by atoms with Crippen molar-refractivity contribution in [3.05, 3.63) is 130 Å². The summed E-state index contributed by atoms with van der Waals surface area (Å²) >= 11 is 0. The minimum Gasteiger partial charge on any atom is -0.309 e. The Morgan fingerprint density at radius 1 is 0.780 bits per heavy atom. The van der Waals surface area contributed by atoms with E-state index in [0.29, 0.717) is 0 Å². The molecule has 1 fully saturated rings. The summed E-state index contributed by atoms with van der Waals surface area (Å²) in [5.74, 6) is 1.37. The van der Waals surface area contributed by atoms with E-state index in [0.717, 1.165) is 23.5 Å². The summed E-state index contributed by atoms with van der Waals surface area (Å²) in [5.41, 5.74) is 15.8. The molecule has 1 aliphatic carbocycles. The number of hydrogen-bond acceptors (Lipinski definition) is 2. The van der Waals surface area contributed by atoms with Gasteiger partial charge in [-0.25, -0.2) is 0 Å². The van der Waals surface area contributed by atoms with Crippen LogP contribution in [0.1, 0.15) is 98.7 Å². The molecule has 0 saturated heterocycles. The minimum atomic E-state index is -0.243. The highest BCUT2D eigenvalue weighted by molar-refractivity contribution is 6.24. The van der Waals surface area contributed by atoms with Crippen LogP contribution in [0.2, 0.25) is 0 Å². The van der Waals surface area contributed by atoms with Crippen LogP contribution in [-0.4, -0.2) is 22.3 Å². The van der Waals surface area contributed by atoms with E-state index in [9.17, 15) is 0 Å². The van der Waals surface area contributed by atoms with Crippen molar-refractivity contribution in [3.8, 4) is 16.8 Å². The lowest BCUT2D eigenvalue weighted by molar-refractivity contribution is 0.599. The van der Waals surface area contributed by atoms with E-state index in [2.05, 4.69) is 163 Å². The molecule has 1 aromatic heterocycles. The van der Waals surface area contributed by atoms with E-state index in [1.165, 1.54) is 78.3 Å². The van der Waals surface area contributed by atoms with Gasteiger partial charge in [0.2, 0.25) is 0 Å². The molecule has 2 aliphatic rings. The maximum Gasteiger partial charge on any atom is 0.141 e. The van der Waals surface area contributed by atoms with Crippen molar-refractivity contribution in [1.82, 2.24) is 4.57 Å². The molecule has 6 aromatic rings. The second kappa shape index (κ2) is 11.3. The molecule has 5 aromatic carbocycles. The lowest BCUT2D eigenvalue weighted by atomic mass is 9.81. The number of hydrogen-bond donors (Lipinski definition) is 1. The van der Waals surface area contributed by atoms with Gasteiger partial charge in [0.1, 0.15) is 5.84 Å². The third-order valence-corrected chi connectivity index (χ3v) is 11.9. The summed E-state index contributed by atoms with van der Waals surface area (Å²) in [4.78, 5) is 7.76. The smallest absolute Gasteiger partial charge is 0.141 e. The zero-order chi connectivity index (χ0) is 35.3. The molecule has 4 heteroatoms. The summed E-state index contributed by atoms with van der Waals surface area (Å²) in [7, 11) is 0. The van der Waals surface area contributed by atoms with Gasteiger partial charge < -0.3 is 4.57 Å². The fourth-order valence-electron chi connectivity index (χ4n) is 9.18. The normalized spacial score (nSPS) is 19.5. The van der Waals surface area contributed by atoms with Crippen LogP contribution in [0.4, 0.5) is 5.69 Å². The summed E-state index contributed by atoms with van der Waals surface area (Å²) in [6.07, 6.45) is 2.51. The van der Waals surface area contributed by atoms with E-state index < -0.39 is 0 Å². The number of benzene rings is 5. The van der Waals surface area contributed by atoms with Crippen LogP contribution >= 0.6 is 0 Å². The Kier molecular flexibility index (Phi) is 7.28. The minimum absolute atomic E-state index is 0.0796. The number of fused-ring (bicyclic) bond motifs is 6. The molecule has 8 rings (SSSR count). The quantitative estimate of drug-likeness (QED) is 0.141. The van der Waals surface area contributed by atoms with Crippen LogP contribution in [0.15, 0.2) is 96.0 Å². The van der Waals surface area contributed by atoms with E-state index in [1.54, 1.807) is 0 Å². The maximum atomic E-state index is 9.11. The molecule has 2 heterocycles. The number of aliphatic imine (C=N–C) groups is 1. The molecule has 2 atom stereocenters. The van der Waals surface area contributed by atoms with Crippen molar-refractivity contribution in [3.63, 3.8) is 0 Å². The number of anilines is 1. The van der Waals surface area contributed by atoms with Crippen LogP contribution < -0.4 is 4.90 Å². The molecule has 252 valence electrons. The molecular formula is C46H48N4. The molecule has 1 saturated carbocycles. The van der Waals surface area contributed by atoms with Gasteiger partial charge >= 0.3 is 0 Å². The Bertz CT molecular complexity index is 2340. The Morgan fingerprint density at radius 2 is 1.40 bits per heavy atom. The van der Waals surface area contributed by atoms with Crippen molar-refractivity contribution in [2.24, 2.45) is 4.99 Å². The molecule has 0 bridgehead atoms. The number of amidine groups is 1. The van der Waals surface area contributed by atoms with Gasteiger partial charge in [-0.3, -0.25) is 15.3 Å². The first-order chi connectivity index (χ1) is 23.9. The van der Waals surface area contributed by atoms with Gasteiger partial charge in [-0.1, -0.05) is 89.2 Å². The van der Waals surface area contributed by atoms with Crippen LogP contribution in [0.3, 0.4) is 0 Å². The topological polar surface area (TPSA) is 44.4 Å². The second-order valence-corrected chi connectivity index (χ2v) is 15.8. The first kappa shape index (κ1) is 32.3. The van der Waals surface area contributed by atoms with Gasteiger partial charge in [0, 0.05) is 27.4 Å². The predicted molar refractivity (Wildman–Crippen MR) is 213 cm³/mol. The number of aromatic nitrogens is 1. The summed E-state index contributed by atoms with van der Waals surface area (Å²) < 4.78 is 2.45. The highest BCUT2D eigenvalue weighted by atomic mass is 15.2. The molecule has 0 amide bonds. The third-order valence-electron chi connectivity index (χ3n) is 11.9. The molecule has 0 radical (unpaired) electrons. The van der Waals surface area contributed by atoms with Crippen molar-refractivity contribution >= 4 is 39.7 Å². The highest BCUT2D eigenvalue weighted by Gasteiger charge is 2.66. The van der Waals surface area contributed by atoms with Gasteiger partial charge in [0.25, 0.3) is 0 Å². The lowest BCUT2D eigenvalue weighted by Gasteiger charge is -2.35. The lowest BCUT2D eigenvalue weighted by Crippen LogP contribution is -2.39. The van der Waals surface area contributed by atoms with Gasteiger partial charge in [0.15, 0.2) is 0 Å². The van der Waals surface area contributed by atoms with Crippen LogP contribution in [-0.2, 0) is 5.41 Å². The molecule has 50 heavy (non-hydrogen) atoms. The molecule has 1 unspecified atom stereocenters. The first-order valence-corrected chi connectivity index (χ1v) is 18.2. The summed E-state index contributed by atoms with van der Waals surface area (Å²) in [6, 6.07) is 33.3. The van der Waals surface area contributed by atoms with Crippen molar-refractivity contribution in [2.75, 3.05) is 4.90 Å². The zero-order valence-electron chi connectivity index (χ0n) is 30.9. The highest BCUT2D eigenvalue weighted by Crippen LogP contribution is 2.64. The fourth-order valence-corrected chi connectivity index (χ4v) is 9.18. The van der Waals surface area contributed by atoms with Gasteiger partial charge in [-0.05, 0) is 127 Å². The van der Waals surface area contributed by atoms with Gasteiger partial charge in [-0.2, -0.15) is 0 Å². The van der Waals surface area contributed by atoms with E-state index >= 15 is 0 Å². The van der Waals surface area contributed by atoms with Crippen molar-refractivity contribution in [1.29, 1.82) is 5.41 Å². The monoisotopic (exact) mass is 656 g/mol. The Hall–Kier alpha value is -4.96. The molecular weight excluding hydrogens is 609 g/mol. The van der Waals surface area contributed by atoms with Crippen molar-refractivity contribution in [2.45, 2.75) is 91.5 Å². The molecule has 0 spiro atoms. The molecule has 4 nitrogen and oxygen atoms in total. The van der Waals surface area contributed by atoms with E-state index in [4.69, 9.17) is 10.4 Å². The number of nitrogens with zero attached hydrogens (tertiary/aromatic N) is 3. The predicted octanol–water partition coefficient (Wildman–Crippen LogP) is 11.9. The average Bonchev–Trinajstić information content (AvgIpc) is 3.51. The third kappa shape index (κ3) is 4.50. The summed E-state index contributed by atoms with van der Waals surface area (Å²) in [6.45, 7) is 20.6.